The van der Waals surface area contributed by atoms with Crippen LogP contribution >= 0.6 is 0 Å². The Hall–Kier alpha value is -0.120. The summed E-state index contributed by atoms with van der Waals surface area (Å²) in [6.45, 7) is 9.08. The van der Waals surface area contributed by atoms with E-state index in [9.17, 15) is 0 Å². The van der Waals surface area contributed by atoms with Crippen LogP contribution in [0.15, 0.2) is 0 Å². The molecule has 0 aromatic heterocycles. The Morgan fingerprint density at radius 3 is 2.50 bits per heavy atom. The Morgan fingerprint density at radius 2 is 2.10 bits per heavy atom. The summed E-state index contributed by atoms with van der Waals surface area (Å²) < 4.78 is 0. The van der Waals surface area contributed by atoms with E-state index in [1.165, 1.54) is 0 Å². The van der Waals surface area contributed by atoms with Gasteiger partial charge in [0.1, 0.15) is 0 Å². The molecular weight excluding hydrogens is 128 g/mol. The minimum absolute atomic E-state index is 0.0496. The maximum Gasteiger partial charge on any atom is 0.0816 e. The highest BCUT2D eigenvalue weighted by Crippen LogP contribution is 2.10. The number of nitrogens with zero attached hydrogens (tertiary/aromatic N) is 1. The van der Waals surface area contributed by atoms with E-state index in [4.69, 9.17) is 4.84 Å². The van der Waals surface area contributed by atoms with E-state index >= 15 is 0 Å². The topological polar surface area (TPSA) is 24.5 Å². The molecule has 0 aromatic rings. The molecule has 0 radical (unpaired) electrons. The standard InChI is InChI=1S/C7H16N2O/c1-7(2,3)10-9-5-4-8-6-9/h8H,4-6H2,1-3H3. The third-order valence-electron chi connectivity index (χ3n) is 1.23. The quantitative estimate of drug-likeness (QED) is 0.582. The molecule has 0 amide bonds. The molecule has 0 bridgehead atoms. The predicted molar refractivity (Wildman–Crippen MR) is 40.4 cm³/mol. The smallest absolute Gasteiger partial charge is 0.0816 e. The third-order valence-corrected chi connectivity index (χ3v) is 1.23. The Bertz CT molecular complexity index is 103. The second-order valence-electron chi connectivity index (χ2n) is 3.57. The van der Waals surface area contributed by atoms with Crippen molar-refractivity contribution in [2.75, 3.05) is 19.8 Å². The summed E-state index contributed by atoms with van der Waals surface area (Å²) in [5.41, 5.74) is -0.0496. The van der Waals surface area contributed by atoms with Gasteiger partial charge < -0.3 is 5.32 Å². The Morgan fingerprint density at radius 1 is 1.40 bits per heavy atom. The largest absolute Gasteiger partial charge is 0.301 e. The van der Waals surface area contributed by atoms with Gasteiger partial charge in [-0.15, -0.1) is 0 Å². The predicted octanol–water partition coefficient (Wildman–Crippen LogP) is 0.579. The van der Waals surface area contributed by atoms with Crippen molar-refractivity contribution in [3.05, 3.63) is 0 Å². The van der Waals surface area contributed by atoms with Gasteiger partial charge in [0, 0.05) is 13.1 Å². The van der Waals surface area contributed by atoms with Gasteiger partial charge in [-0.2, -0.15) is 5.06 Å². The zero-order chi connectivity index (χ0) is 7.61. The molecule has 3 nitrogen and oxygen atoms in total. The zero-order valence-electron chi connectivity index (χ0n) is 6.98. The molecule has 1 aliphatic rings. The van der Waals surface area contributed by atoms with Crippen LogP contribution < -0.4 is 5.32 Å². The molecule has 3 heteroatoms. The van der Waals surface area contributed by atoms with Crippen molar-refractivity contribution < 1.29 is 4.84 Å². The van der Waals surface area contributed by atoms with Crippen LogP contribution in [0.4, 0.5) is 0 Å². The van der Waals surface area contributed by atoms with Crippen molar-refractivity contribution in [2.24, 2.45) is 0 Å². The van der Waals surface area contributed by atoms with Crippen LogP contribution in [-0.4, -0.2) is 30.4 Å². The average Bonchev–Trinajstić information content (AvgIpc) is 2.12. The first-order chi connectivity index (χ1) is 4.58. The Balaban J connectivity index is 2.24. The van der Waals surface area contributed by atoms with Crippen molar-refractivity contribution in [1.29, 1.82) is 0 Å². The molecule has 0 aliphatic carbocycles. The molecule has 1 heterocycles. The minimum atomic E-state index is -0.0496. The molecular formula is C7H16N2O. The maximum absolute atomic E-state index is 5.57. The lowest BCUT2D eigenvalue weighted by atomic mass is 10.2. The van der Waals surface area contributed by atoms with E-state index in [1.807, 2.05) is 5.06 Å². The van der Waals surface area contributed by atoms with Crippen LogP contribution in [0.3, 0.4) is 0 Å². The molecule has 1 rings (SSSR count). The van der Waals surface area contributed by atoms with Gasteiger partial charge in [-0.25, -0.2) is 0 Å². The summed E-state index contributed by atoms with van der Waals surface area (Å²) in [7, 11) is 0. The molecule has 1 N–H and O–H groups in total. The first-order valence-electron chi connectivity index (χ1n) is 3.73. The SMILES string of the molecule is CC(C)(C)ON1CCNC1. The number of nitrogens with one attached hydrogen (secondary N) is 1. The van der Waals surface area contributed by atoms with Crippen molar-refractivity contribution >= 4 is 0 Å². The van der Waals surface area contributed by atoms with Gasteiger partial charge >= 0.3 is 0 Å². The maximum atomic E-state index is 5.57. The van der Waals surface area contributed by atoms with E-state index in [2.05, 4.69) is 26.1 Å². The lowest BCUT2D eigenvalue weighted by Crippen LogP contribution is -2.32. The summed E-state index contributed by atoms with van der Waals surface area (Å²) in [5, 5.41) is 5.15. The van der Waals surface area contributed by atoms with Gasteiger partial charge in [0.15, 0.2) is 0 Å². The van der Waals surface area contributed by atoms with Gasteiger partial charge in [-0.3, -0.25) is 4.84 Å². The fourth-order valence-corrected chi connectivity index (χ4v) is 0.952. The number of rotatable bonds is 1. The average molecular weight is 144 g/mol. The molecule has 0 saturated carbocycles. The zero-order valence-corrected chi connectivity index (χ0v) is 6.98. The lowest BCUT2D eigenvalue weighted by molar-refractivity contribution is -0.216. The van der Waals surface area contributed by atoms with Crippen LogP contribution in [0.1, 0.15) is 20.8 Å². The molecule has 1 aliphatic heterocycles. The molecule has 0 aromatic carbocycles. The number of hydroxylamine groups is 2. The second kappa shape index (κ2) is 2.86. The normalized spacial score (nSPS) is 21.9. The lowest BCUT2D eigenvalue weighted by Gasteiger charge is -2.25. The summed E-state index contributed by atoms with van der Waals surface area (Å²) in [6.07, 6.45) is 0. The van der Waals surface area contributed by atoms with Crippen molar-refractivity contribution in [3.8, 4) is 0 Å². The Kier molecular flexibility index (Phi) is 2.28. The summed E-state index contributed by atoms with van der Waals surface area (Å²) in [6, 6.07) is 0. The first kappa shape index (κ1) is 7.98. The monoisotopic (exact) mass is 144 g/mol. The highest BCUT2D eigenvalue weighted by atomic mass is 16.7. The van der Waals surface area contributed by atoms with Crippen molar-refractivity contribution in [1.82, 2.24) is 10.4 Å². The van der Waals surface area contributed by atoms with Crippen LogP contribution in [0.5, 0.6) is 0 Å². The van der Waals surface area contributed by atoms with Crippen molar-refractivity contribution in [3.63, 3.8) is 0 Å². The van der Waals surface area contributed by atoms with Gasteiger partial charge in [0.25, 0.3) is 0 Å². The highest BCUT2D eigenvalue weighted by molar-refractivity contribution is 4.62. The first-order valence-corrected chi connectivity index (χ1v) is 3.73. The summed E-state index contributed by atoms with van der Waals surface area (Å²) >= 11 is 0. The summed E-state index contributed by atoms with van der Waals surface area (Å²) in [5.74, 6) is 0. The molecule has 0 unspecified atom stereocenters. The van der Waals surface area contributed by atoms with E-state index in [1.54, 1.807) is 0 Å². The number of hydrogen-bond donors (Lipinski definition) is 1. The highest BCUT2D eigenvalue weighted by Gasteiger charge is 2.19. The van der Waals surface area contributed by atoms with Gasteiger partial charge in [0.05, 0.1) is 12.3 Å². The molecule has 10 heavy (non-hydrogen) atoms. The van der Waals surface area contributed by atoms with E-state index in [-0.39, 0.29) is 5.60 Å². The van der Waals surface area contributed by atoms with Crippen LogP contribution in [-0.2, 0) is 4.84 Å². The van der Waals surface area contributed by atoms with Crippen LogP contribution in [0.2, 0.25) is 0 Å². The number of hydrogen-bond acceptors (Lipinski definition) is 3. The fourth-order valence-electron chi connectivity index (χ4n) is 0.952. The summed E-state index contributed by atoms with van der Waals surface area (Å²) in [4.78, 5) is 5.57. The molecule has 1 fully saturated rings. The molecule has 1 saturated heterocycles. The van der Waals surface area contributed by atoms with Crippen molar-refractivity contribution in [2.45, 2.75) is 26.4 Å². The van der Waals surface area contributed by atoms with Crippen LogP contribution in [0.25, 0.3) is 0 Å². The van der Waals surface area contributed by atoms with Gasteiger partial charge in [-0.05, 0) is 20.8 Å². The second-order valence-corrected chi connectivity index (χ2v) is 3.57. The van der Waals surface area contributed by atoms with Gasteiger partial charge in [-0.1, -0.05) is 0 Å². The molecule has 0 atom stereocenters. The molecule has 0 spiro atoms. The van der Waals surface area contributed by atoms with E-state index < -0.39 is 0 Å². The third kappa shape index (κ3) is 2.64. The molecule has 60 valence electrons. The van der Waals surface area contributed by atoms with E-state index in [0.29, 0.717) is 0 Å². The van der Waals surface area contributed by atoms with E-state index in [0.717, 1.165) is 19.8 Å². The van der Waals surface area contributed by atoms with Crippen LogP contribution in [0, 0.1) is 0 Å². The minimum Gasteiger partial charge on any atom is -0.301 e. The fraction of sp³-hybridized carbons (Fsp3) is 1.00. The van der Waals surface area contributed by atoms with Gasteiger partial charge in [0.2, 0.25) is 0 Å². The Labute approximate surface area is 62.3 Å².